The van der Waals surface area contributed by atoms with Crippen LogP contribution in [0, 0.1) is 0 Å². The van der Waals surface area contributed by atoms with E-state index in [9.17, 15) is 0 Å². The molecule has 0 heterocycles. The third kappa shape index (κ3) is 3.76. The zero-order valence-corrected chi connectivity index (χ0v) is 16.8. The highest BCUT2D eigenvalue weighted by atomic mass is 79.9. The Labute approximate surface area is 154 Å². The minimum absolute atomic E-state index is 0.318. The van der Waals surface area contributed by atoms with Gasteiger partial charge in [-0.3, -0.25) is 0 Å². The van der Waals surface area contributed by atoms with Crippen LogP contribution < -0.4 is 9.47 Å². The van der Waals surface area contributed by atoms with Crippen molar-refractivity contribution in [3.63, 3.8) is 0 Å². The zero-order valence-electron chi connectivity index (χ0n) is 11.3. The van der Waals surface area contributed by atoms with E-state index in [0.29, 0.717) is 11.5 Å². The van der Waals surface area contributed by atoms with Gasteiger partial charge in [0.1, 0.15) is 0 Å². The third-order valence-corrected chi connectivity index (χ3v) is 5.35. The molecule has 0 saturated carbocycles. The minimum Gasteiger partial charge on any atom is -0.493 e. The third-order valence-electron chi connectivity index (χ3n) is 3.01. The number of alkyl halides is 1. The van der Waals surface area contributed by atoms with E-state index in [-0.39, 0.29) is 5.38 Å². The molecule has 1 atom stereocenters. The molecule has 0 fully saturated rings. The van der Waals surface area contributed by atoms with E-state index in [1.807, 2.05) is 30.3 Å². The molecule has 0 N–H and O–H groups in total. The normalized spacial score (nSPS) is 12.1. The Balaban J connectivity index is 2.50. The van der Waals surface area contributed by atoms with Crippen LogP contribution in [0.25, 0.3) is 0 Å². The van der Waals surface area contributed by atoms with Gasteiger partial charge in [0.2, 0.25) is 0 Å². The van der Waals surface area contributed by atoms with E-state index in [1.54, 1.807) is 14.2 Å². The van der Waals surface area contributed by atoms with E-state index < -0.39 is 0 Å². The fourth-order valence-corrected chi connectivity index (χ4v) is 4.40. The molecule has 0 aliphatic rings. The van der Waals surface area contributed by atoms with Gasteiger partial charge >= 0.3 is 0 Å². The maximum atomic E-state index is 6.65. The minimum atomic E-state index is -0.318. The van der Waals surface area contributed by atoms with Crippen molar-refractivity contribution >= 4 is 59.4 Å². The summed E-state index contributed by atoms with van der Waals surface area (Å²) in [5.41, 5.74) is 1.89. The molecule has 2 rings (SSSR count). The van der Waals surface area contributed by atoms with Crippen molar-refractivity contribution in [2.75, 3.05) is 14.2 Å². The maximum absolute atomic E-state index is 6.65. The van der Waals surface area contributed by atoms with Crippen molar-refractivity contribution in [2.45, 2.75) is 5.38 Å². The van der Waals surface area contributed by atoms with Crippen LogP contribution in [0.4, 0.5) is 0 Å². The van der Waals surface area contributed by atoms with Crippen LogP contribution in [-0.2, 0) is 0 Å². The second kappa shape index (κ2) is 7.36. The molecule has 1 unspecified atom stereocenters. The summed E-state index contributed by atoms with van der Waals surface area (Å²) in [6, 6.07) is 9.66. The fraction of sp³-hybridized carbons (Fsp3) is 0.200. The molecule has 112 valence electrons. The first-order valence-corrected chi connectivity index (χ1v) is 8.80. The molecule has 0 amide bonds. The van der Waals surface area contributed by atoms with Crippen molar-refractivity contribution in [1.82, 2.24) is 0 Å². The largest absolute Gasteiger partial charge is 0.493 e. The van der Waals surface area contributed by atoms with Gasteiger partial charge in [-0.2, -0.15) is 0 Å². The molecule has 0 aliphatic heterocycles. The Bertz CT molecular complexity index is 662. The number of hydrogen-bond acceptors (Lipinski definition) is 2. The van der Waals surface area contributed by atoms with Crippen molar-refractivity contribution in [2.24, 2.45) is 0 Å². The lowest BCUT2D eigenvalue weighted by atomic mass is 10.0. The summed E-state index contributed by atoms with van der Waals surface area (Å²) in [7, 11) is 3.21. The highest BCUT2D eigenvalue weighted by Gasteiger charge is 2.20. The van der Waals surface area contributed by atoms with Crippen molar-refractivity contribution in [3.05, 3.63) is 54.9 Å². The van der Waals surface area contributed by atoms with Gasteiger partial charge in [-0.25, -0.2) is 0 Å². The van der Waals surface area contributed by atoms with E-state index in [1.165, 1.54) is 0 Å². The Kier molecular flexibility index (Phi) is 6.00. The van der Waals surface area contributed by atoms with Gasteiger partial charge < -0.3 is 9.47 Å². The summed E-state index contributed by atoms with van der Waals surface area (Å²) in [5, 5.41) is -0.318. The number of methoxy groups -OCH3 is 2. The number of hydrogen-bond donors (Lipinski definition) is 0. The Morgan fingerprint density at radius 3 is 2.00 bits per heavy atom. The summed E-state index contributed by atoms with van der Waals surface area (Å²) >= 11 is 17.2. The molecule has 2 aromatic carbocycles. The molecule has 6 heteroatoms. The zero-order chi connectivity index (χ0) is 15.6. The molecule has 0 bridgehead atoms. The van der Waals surface area contributed by atoms with Gasteiger partial charge in [-0.1, -0.05) is 53.9 Å². The van der Waals surface area contributed by atoms with Gasteiger partial charge in [0.15, 0.2) is 11.5 Å². The van der Waals surface area contributed by atoms with Gasteiger partial charge in [0.25, 0.3) is 0 Å². The van der Waals surface area contributed by atoms with Crippen LogP contribution in [-0.4, -0.2) is 14.2 Å². The predicted molar refractivity (Wildman–Crippen MR) is 96.8 cm³/mol. The molecule has 0 spiro atoms. The quantitative estimate of drug-likeness (QED) is 0.459. The lowest BCUT2D eigenvalue weighted by Gasteiger charge is -2.17. The fourth-order valence-electron chi connectivity index (χ4n) is 1.94. The summed E-state index contributed by atoms with van der Waals surface area (Å²) < 4.78 is 13.4. The second-order valence-corrected chi connectivity index (χ2v) is 7.32. The Morgan fingerprint density at radius 2 is 1.43 bits per heavy atom. The van der Waals surface area contributed by atoms with E-state index >= 15 is 0 Å². The SMILES string of the molecule is COc1cc(Br)c(C(Cl)c2ccc(Br)cc2Br)cc1OC. The van der Waals surface area contributed by atoms with Crippen LogP contribution in [0.5, 0.6) is 11.5 Å². The first-order valence-electron chi connectivity index (χ1n) is 5.98. The number of halogens is 4. The van der Waals surface area contributed by atoms with Crippen molar-refractivity contribution in [1.29, 1.82) is 0 Å². The monoisotopic (exact) mass is 496 g/mol. The highest BCUT2D eigenvalue weighted by molar-refractivity contribution is 9.11. The predicted octanol–water partition coefficient (Wildman–Crippen LogP) is 6.32. The van der Waals surface area contributed by atoms with E-state index in [2.05, 4.69) is 47.8 Å². The standard InChI is InChI=1S/C15H12Br3ClO2/c1-20-13-6-10(12(18)7-14(13)21-2)15(19)9-4-3-8(16)5-11(9)17/h3-7,15H,1-2H3. The Morgan fingerprint density at radius 1 is 0.857 bits per heavy atom. The lowest BCUT2D eigenvalue weighted by Crippen LogP contribution is -1.99. The number of ether oxygens (including phenoxy) is 2. The maximum Gasteiger partial charge on any atom is 0.161 e. The van der Waals surface area contributed by atoms with Gasteiger partial charge in [-0.05, 0) is 35.4 Å². The molecule has 0 radical (unpaired) electrons. The van der Waals surface area contributed by atoms with Gasteiger partial charge in [0.05, 0.1) is 19.6 Å². The molecule has 2 nitrogen and oxygen atoms in total. The van der Waals surface area contributed by atoms with E-state index in [0.717, 1.165) is 24.5 Å². The van der Waals surface area contributed by atoms with Crippen LogP contribution in [0.3, 0.4) is 0 Å². The van der Waals surface area contributed by atoms with Gasteiger partial charge in [0, 0.05) is 13.4 Å². The Hall–Kier alpha value is -0.230. The smallest absolute Gasteiger partial charge is 0.161 e. The first kappa shape index (κ1) is 17.1. The van der Waals surface area contributed by atoms with Crippen LogP contribution >= 0.6 is 59.4 Å². The molecule has 0 aliphatic carbocycles. The van der Waals surface area contributed by atoms with E-state index in [4.69, 9.17) is 21.1 Å². The second-order valence-electron chi connectivity index (χ2n) is 4.26. The highest BCUT2D eigenvalue weighted by Crippen LogP contribution is 2.42. The van der Waals surface area contributed by atoms with Crippen LogP contribution in [0.2, 0.25) is 0 Å². The topological polar surface area (TPSA) is 18.5 Å². The first-order chi connectivity index (χ1) is 9.97. The van der Waals surface area contributed by atoms with Crippen molar-refractivity contribution < 1.29 is 9.47 Å². The molecule has 21 heavy (non-hydrogen) atoms. The van der Waals surface area contributed by atoms with Gasteiger partial charge in [-0.15, -0.1) is 11.6 Å². The molecule has 0 saturated heterocycles. The molecule has 0 aromatic heterocycles. The molecule has 2 aromatic rings. The summed E-state index contributed by atoms with van der Waals surface area (Å²) in [6.07, 6.45) is 0. The lowest BCUT2D eigenvalue weighted by molar-refractivity contribution is 0.354. The van der Waals surface area contributed by atoms with Crippen LogP contribution in [0.1, 0.15) is 16.5 Å². The summed E-state index contributed by atoms with van der Waals surface area (Å²) in [4.78, 5) is 0. The van der Waals surface area contributed by atoms with Crippen molar-refractivity contribution in [3.8, 4) is 11.5 Å². The average Bonchev–Trinajstić information content (AvgIpc) is 2.46. The summed E-state index contributed by atoms with van der Waals surface area (Å²) in [6.45, 7) is 0. The molecular formula is C15H12Br3ClO2. The molecular weight excluding hydrogens is 487 g/mol. The summed E-state index contributed by atoms with van der Waals surface area (Å²) in [5.74, 6) is 1.31. The average molecular weight is 499 g/mol. The van der Waals surface area contributed by atoms with Crippen LogP contribution in [0.15, 0.2) is 43.7 Å². The number of rotatable bonds is 4. The number of benzene rings is 2.